The van der Waals surface area contributed by atoms with Crippen molar-refractivity contribution in [2.24, 2.45) is 0 Å². The van der Waals surface area contributed by atoms with E-state index in [9.17, 15) is 4.79 Å². The maximum Gasteiger partial charge on any atom is 0.120 e. The fraction of sp³-hybridized carbons (Fsp3) is 0.900. The standard InChI is InChI=1S/C10H22N2O/c1-3-12(2)9-6-8-11-7-4-5-10-13/h10-11H,3-9H2,1-2H3. The van der Waals surface area contributed by atoms with Crippen LogP contribution >= 0.6 is 0 Å². The van der Waals surface area contributed by atoms with Gasteiger partial charge in [0.25, 0.3) is 0 Å². The van der Waals surface area contributed by atoms with Gasteiger partial charge in [-0.05, 0) is 46.1 Å². The highest BCUT2D eigenvalue weighted by molar-refractivity contribution is 5.48. The van der Waals surface area contributed by atoms with E-state index in [2.05, 4.69) is 24.2 Å². The summed E-state index contributed by atoms with van der Waals surface area (Å²) in [5, 5.41) is 3.31. The zero-order valence-corrected chi connectivity index (χ0v) is 8.88. The molecule has 0 heterocycles. The van der Waals surface area contributed by atoms with Gasteiger partial charge in [-0.25, -0.2) is 0 Å². The van der Waals surface area contributed by atoms with Crippen molar-refractivity contribution in [2.75, 3.05) is 33.2 Å². The van der Waals surface area contributed by atoms with Crippen LogP contribution in [-0.2, 0) is 4.79 Å². The van der Waals surface area contributed by atoms with Crippen molar-refractivity contribution >= 4 is 6.29 Å². The van der Waals surface area contributed by atoms with E-state index in [1.165, 1.54) is 6.42 Å². The van der Waals surface area contributed by atoms with Crippen LogP contribution in [0.4, 0.5) is 0 Å². The lowest BCUT2D eigenvalue weighted by molar-refractivity contribution is -0.107. The normalized spacial score (nSPS) is 10.7. The second kappa shape index (κ2) is 9.68. The number of rotatable bonds is 9. The van der Waals surface area contributed by atoms with E-state index in [1.807, 2.05) is 0 Å². The van der Waals surface area contributed by atoms with Crippen molar-refractivity contribution in [1.29, 1.82) is 0 Å². The largest absolute Gasteiger partial charge is 0.317 e. The first-order chi connectivity index (χ1) is 6.31. The van der Waals surface area contributed by atoms with Gasteiger partial charge in [-0.2, -0.15) is 0 Å². The monoisotopic (exact) mass is 186 g/mol. The van der Waals surface area contributed by atoms with Gasteiger partial charge in [0.2, 0.25) is 0 Å². The number of carbonyl (C=O) groups is 1. The molecule has 0 fully saturated rings. The van der Waals surface area contributed by atoms with E-state index in [4.69, 9.17) is 0 Å². The van der Waals surface area contributed by atoms with Gasteiger partial charge in [0.05, 0.1) is 0 Å². The first kappa shape index (κ1) is 12.6. The molecule has 78 valence electrons. The van der Waals surface area contributed by atoms with Gasteiger partial charge in [0, 0.05) is 6.42 Å². The smallest absolute Gasteiger partial charge is 0.120 e. The molecule has 0 saturated heterocycles. The zero-order valence-electron chi connectivity index (χ0n) is 8.88. The van der Waals surface area contributed by atoms with Crippen LogP contribution in [-0.4, -0.2) is 44.4 Å². The Kier molecular flexibility index (Phi) is 9.37. The minimum atomic E-state index is 0.682. The van der Waals surface area contributed by atoms with Gasteiger partial charge in [0.15, 0.2) is 0 Å². The van der Waals surface area contributed by atoms with E-state index in [0.29, 0.717) is 6.42 Å². The maximum absolute atomic E-state index is 9.99. The predicted molar refractivity (Wildman–Crippen MR) is 56.0 cm³/mol. The number of carbonyl (C=O) groups excluding carboxylic acids is 1. The van der Waals surface area contributed by atoms with Crippen LogP contribution in [0.25, 0.3) is 0 Å². The summed E-state index contributed by atoms with van der Waals surface area (Å²) in [5.74, 6) is 0. The lowest BCUT2D eigenvalue weighted by Crippen LogP contribution is -2.24. The average molecular weight is 186 g/mol. The van der Waals surface area contributed by atoms with Gasteiger partial charge in [-0.1, -0.05) is 6.92 Å². The predicted octanol–water partition coefficient (Wildman–Crippen LogP) is 0.897. The number of unbranched alkanes of at least 4 members (excludes halogenated alkanes) is 1. The van der Waals surface area contributed by atoms with E-state index < -0.39 is 0 Å². The molecule has 1 N–H and O–H groups in total. The van der Waals surface area contributed by atoms with Gasteiger partial charge in [0.1, 0.15) is 6.29 Å². The van der Waals surface area contributed by atoms with E-state index >= 15 is 0 Å². The molecule has 0 aromatic rings. The lowest BCUT2D eigenvalue weighted by atomic mass is 10.3. The third-order valence-corrected chi connectivity index (χ3v) is 2.11. The Balaban J connectivity index is 2.95. The first-order valence-corrected chi connectivity index (χ1v) is 5.14. The number of hydrogen-bond acceptors (Lipinski definition) is 3. The molecular weight excluding hydrogens is 164 g/mol. The molecule has 0 aliphatic rings. The highest BCUT2D eigenvalue weighted by atomic mass is 16.1. The third-order valence-electron chi connectivity index (χ3n) is 2.11. The Morgan fingerprint density at radius 3 is 2.62 bits per heavy atom. The van der Waals surface area contributed by atoms with Crippen LogP contribution in [0, 0.1) is 0 Å². The number of hydrogen-bond donors (Lipinski definition) is 1. The molecule has 0 amide bonds. The van der Waals surface area contributed by atoms with Gasteiger partial charge >= 0.3 is 0 Å². The van der Waals surface area contributed by atoms with Gasteiger partial charge in [-0.15, -0.1) is 0 Å². The molecule has 3 nitrogen and oxygen atoms in total. The highest BCUT2D eigenvalue weighted by Gasteiger charge is 1.93. The summed E-state index contributed by atoms with van der Waals surface area (Å²) in [4.78, 5) is 12.3. The molecule has 0 atom stereocenters. The van der Waals surface area contributed by atoms with Gasteiger partial charge in [-0.3, -0.25) is 0 Å². The summed E-state index contributed by atoms with van der Waals surface area (Å²) in [5.41, 5.74) is 0. The molecular formula is C10H22N2O. The Hall–Kier alpha value is -0.410. The Morgan fingerprint density at radius 2 is 2.00 bits per heavy atom. The van der Waals surface area contributed by atoms with Crippen LogP contribution in [0.5, 0.6) is 0 Å². The summed E-state index contributed by atoms with van der Waals surface area (Å²) >= 11 is 0. The first-order valence-electron chi connectivity index (χ1n) is 5.14. The quantitative estimate of drug-likeness (QED) is 0.429. The minimum Gasteiger partial charge on any atom is -0.317 e. The summed E-state index contributed by atoms with van der Waals surface area (Å²) in [6.07, 6.45) is 3.81. The summed E-state index contributed by atoms with van der Waals surface area (Å²) < 4.78 is 0. The zero-order chi connectivity index (χ0) is 9.94. The number of nitrogens with zero attached hydrogens (tertiary/aromatic N) is 1. The number of nitrogens with one attached hydrogen (secondary N) is 1. The Labute approximate surface area is 81.5 Å². The Morgan fingerprint density at radius 1 is 1.31 bits per heavy atom. The van der Waals surface area contributed by atoms with E-state index in [0.717, 1.165) is 38.9 Å². The van der Waals surface area contributed by atoms with Crippen LogP contribution in [0.2, 0.25) is 0 Å². The minimum absolute atomic E-state index is 0.682. The molecule has 0 aromatic carbocycles. The van der Waals surface area contributed by atoms with Crippen LogP contribution in [0.1, 0.15) is 26.2 Å². The molecule has 0 unspecified atom stereocenters. The maximum atomic E-state index is 9.99. The summed E-state index contributed by atoms with van der Waals surface area (Å²) in [6, 6.07) is 0. The molecule has 13 heavy (non-hydrogen) atoms. The van der Waals surface area contributed by atoms with Crippen molar-refractivity contribution < 1.29 is 4.79 Å². The molecule has 0 aliphatic heterocycles. The topological polar surface area (TPSA) is 32.3 Å². The molecule has 0 radical (unpaired) electrons. The second-order valence-corrected chi connectivity index (χ2v) is 3.31. The van der Waals surface area contributed by atoms with Crippen LogP contribution in [0.15, 0.2) is 0 Å². The second-order valence-electron chi connectivity index (χ2n) is 3.31. The Bertz CT molecular complexity index is 117. The third kappa shape index (κ3) is 9.50. The molecule has 3 heteroatoms. The van der Waals surface area contributed by atoms with Crippen LogP contribution in [0.3, 0.4) is 0 Å². The van der Waals surface area contributed by atoms with Crippen molar-refractivity contribution in [3.63, 3.8) is 0 Å². The molecule has 0 spiro atoms. The van der Waals surface area contributed by atoms with Crippen molar-refractivity contribution in [3.8, 4) is 0 Å². The summed E-state index contributed by atoms with van der Waals surface area (Å²) in [7, 11) is 2.13. The highest BCUT2D eigenvalue weighted by Crippen LogP contribution is 1.86. The average Bonchev–Trinajstić information content (AvgIpc) is 2.16. The van der Waals surface area contributed by atoms with Gasteiger partial charge < -0.3 is 15.0 Å². The van der Waals surface area contributed by atoms with E-state index in [-0.39, 0.29) is 0 Å². The summed E-state index contributed by atoms with van der Waals surface area (Å²) in [6.45, 7) is 6.46. The lowest BCUT2D eigenvalue weighted by Gasteiger charge is -2.13. The van der Waals surface area contributed by atoms with Crippen LogP contribution < -0.4 is 5.32 Å². The molecule has 0 aromatic heterocycles. The molecule has 0 saturated carbocycles. The molecule has 0 aliphatic carbocycles. The molecule has 0 bridgehead atoms. The fourth-order valence-corrected chi connectivity index (χ4v) is 1.07. The van der Waals surface area contributed by atoms with Crippen molar-refractivity contribution in [2.45, 2.75) is 26.2 Å². The van der Waals surface area contributed by atoms with E-state index in [1.54, 1.807) is 0 Å². The molecule has 0 rings (SSSR count). The number of aldehydes is 1. The fourth-order valence-electron chi connectivity index (χ4n) is 1.07. The SMILES string of the molecule is CCN(C)CCCNCCCC=O. The van der Waals surface area contributed by atoms with Crippen molar-refractivity contribution in [1.82, 2.24) is 10.2 Å². The van der Waals surface area contributed by atoms with Crippen molar-refractivity contribution in [3.05, 3.63) is 0 Å².